The summed E-state index contributed by atoms with van der Waals surface area (Å²) in [6, 6.07) is 9.09. The minimum Gasteiger partial charge on any atom is -0.332 e. The molecule has 0 aliphatic carbocycles. The first-order valence-corrected chi connectivity index (χ1v) is 9.32. The van der Waals surface area contributed by atoms with Crippen LogP contribution in [0.25, 0.3) is 0 Å². The third-order valence-electron chi connectivity index (χ3n) is 3.86. The third kappa shape index (κ3) is 4.31. The molecule has 7 heteroatoms. The van der Waals surface area contributed by atoms with Crippen molar-refractivity contribution in [2.24, 2.45) is 5.14 Å². The van der Waals surface area contributed by atoms with Gasteiger partial charge in [-0.25, -0.2) is 13.6 Å². The number of nitrogens with two attached hydrogens (primary N) is 1. The first-order valence-electron chi connectivity index (χ1n) is 7.37. The van der Waals surface area contributed by atoms with Gasteiger partial charge in [-0.05, 0) is 80.4 Å². The van der Waals surface area contributed by atoms with Crippen molar-refractivity contribution in [1.29, 1.82) is 0 Å². The number of primary sulfonamides is 1. The Morgan fingerprint density at radius 1 is 0.958 bits per heavy atom. The van der Waals surface area contributed by atoms with Crippen molar-refractivity contribution in [3.63, 3.8) is 0 Å². The molecule has 2 aromatic rings. The van der Waals surface area contributed by atoms with Gasteiger partial charge in [0.1, 0.15) is 0 Å². The van der Waals surface area contributed by atoms with Crippen molar-refractivity contribution in [2.45, 2.75) is 32.6 Å². The largest absolute Gasteiger partial charge is 0.332 e. The van der Waals surface area contributed by atoms with Gasteiger partial charge in [0.15, 0.2) is 5.11 Å². The number of hydrogen-bond donors (Lipinski definition) is 3. The van der Waals surface area contributed by atoms with E-state index in [0.29, 0.717) is 10.8 Å². The van der Waals surface area contributed by atoms with Crippen molar-refractivity contribution < 1.29 is 8.42 Å². The maximum atomic E-state index is 11.6. The van der Waals surface area contributed by atoms with E-state index in [4.69, 9.17) is 17.4 Å². The summed E-state index contributed by atoms with van der Waals surface area (Å²) in [7, 11) is -3.78. The normalized spacial score (nSPS) is 11.2. The molecule has 0 aliphatic heterocycles. The Bertz CT molecular complexity index is 906. The third-order valence-corrected chi connectivity index (χ3v) is 4.96. The van der Waals surface area contributed by atoms with E-state index in [0.717, 1.165) is 27.9 Å². The van der Waals surface area contributed by atoms with Crippen LogP contribution in [0.1, 0.15) is 22.3 Å². The molecule has 24 heavy (non-hydrogen) atoms. The molecule has 0 amide bonds. The molecule has 0 heterocycles. The van der Waals surface area contributed by atoms with Crippen molar-refractivity contribution in [3.8, 4) is 0 Å². The Kier molecular flexibility index (Phi) is 5.27. The molecule has 5 nitrogen and oxygen atoms in total. The fourth-order valence-corrected chi connectivity index (χ4v) is 3.11. The van der Waals surface area contributed by atoms with E-state index in [1.165, 1.54) is 6.07 Å². The van der Waals surface area contributed by atoms with Gasteiger partial charge in [-0.1, -0.05) is 12.1 Å². The smallest absolute Gasteiger partial charge is 0.238 e. The van der Waals surface area contributed by atoms with Gasteiger partial charge >= 0.3 is 0 Å². The fraction of sp³-hybridized carbons (Fsp3) is 0.235. The van der Waals surface area contributed by atoms with Gasteiger partial charge in [-0.2, -0.15) is 0 Å². The van der Waals surface area contributed by atoms with Gasteiger partial charge in [0.2, 0.25) is 10.0 Å². The lowest BCUT2D eigenvalue weighted by molar-refractivity contribution is 0.597. The summed E-state index contributed by atoms with van der Waals surface area (Å²) in [6.45, 7) is 7.72. The second-order valence-electron chi connectivity index (χ2n) is 5.86. The van der Waals surface area contributed by atoms with Crippen LogP contribution in [0, 0.1) is 27.7 Å². The number of benzene rings is 2. The van der Waals surface area contributed by atoms with E-state index in [1.807, 2.05) is 45.9 Å². The number of anilines is 2. The van der Waals surface area contributed by atoms with Crippen LogP contribution in [0.5, 0.6) is 0 Å². The molecule has 2 rings (SSSR count). The van der Waals surface area contributed by atoms with Crippen molar-refractivity contribution in [1.82, 2.24) is 0 Å². The highest BCUT2D eigenvalue weighted by atomic mass is 32.2. The van der Waals surface area contributed by atoms with Gasteiger partial charge in [0.05, 0.1) is 4.90 Å². The zero-order valence-electron chi connectivity index (χ0n) is 14.1. The fourth-order valence-electron chi connectivity index (χ4n) is 2.27. The van der Waals surface area contributed by atoms with E-state index in [9.17, 15) is 8.42 Å². The topological polar surface area (TPSA) is 84.2 Å². The average Bonchev–Trinajstić information content (AvgIpc) is 2.46. The summed E-state index contributed by atoms with van der Waals surface area (Å²) in [6.07, 6.45) is 0. The van der Waals surface area contributed by atoms with Gasteiger partial charge in [-0.3, -0.25) is 0 Å². The molecule has 0 saturated carbocycles. The van der Waals surface area contributed by atoms with Gasteiger partial charge in [-0.15, -0.1) is 0 Å². The van der Waals surface area contributed by atoms with E-state index >= 15 is 0 Å². The summed E-state index contributed by atoms with van der Waals surface area (Å²) >= 11 is 5.36. The van der Waals surface area contributed by atoms with Crippen LogP contribution in [-0.2, 0) is 10.0 Å². The standard InChI is InChI=1S/C17H21N3O2S2/c1-10-5-6-11(2)15(7-10)19-17(23)20-16-9-14(24(18,21)22)8-12(3)13(16)4/h5-9H,1-4H3,(H2,18,21,22)(H2,19,20,23). The zero-order valence-corrected chi connectivity index (χ0v) is 15.7. The minimum atomic E-state index is -3.78. The van der Waals surface area contributed by atoms with Crippen molar-refractivity contribution in [3.05, 3.63) is 52.6 Å². The second kappa shape index (κ2) is 6.88. The molecule has 0 fully saturated rings. The minimum absolute atomic E-state index is 0.0580. The number of rotatable bonds is 3. The van der Waals surface area contributed by atoms with Crippen LogP contribution in [-0.4, -0.2) is 13.5 Å². The lowest BCUT2D eigenvalue weighted by Gasteiger charge is -2.16. The molecule has 0 bridgehead atoms. The number of hydrogen-bond acceptors (Lipinski definition) is 3. The van der Waals surface area contributed by atoms with Gasteiger partial charge in [0, 0.05) is 11.4 Å². The van der Waals surface area contributed by atoms with Crippen LogP contribution in [0.2, 0.25) is 0 Å². The predicted molar refractivity (Wildman–Crippen MR) is 103 cm³/mol. The Hall–Kier alpha value is -1.96. The molecule has 0 spiro atoms. The first-order chi connectivity index (χ1) is 11.1. The zero-order chi connectivity index (χ0) is 18.1. The van der Waals surface area contributed by atoms with Crippen molar-refractivity contribution >= 4 is 38.7 Å². The van der Waals surface area contributed by atoms with Crippen LogP contribution < -0.4 is 15.8 Å². The first kappa shape index (κ1) is 18.4. The number of sulfonamides is 1. The summed E-state index contributed by atoms with van der Waals surface area (Å²) in [5.41, 5.74) is 5.43. The SMILES string of the molecule is Cc1ccc(C)c(NC(=S)Nc2cc(S(N)(=O)=O)cc(C)c2C)c1. The molecule has 0 unspecified atom stereocenters. The maximum Gasteiger partial charge on any atom is 0.238 e. The van der Waals surface area contributed by atoms with E-state index in [-0.39, 0.29) is 4.90 Å². The Morgan fingerprint density at radius 2 is 1.58 bits per heavy atom. The summed E-state index contributed by atoms with van der Waals surface area (Å²) in [5.74, 6) is 0. The maximum absolute atomic E-state index is 11.6. The van der Waals surface area contributed by atoms with E-state index < -0.39 is 10.0 Å². The Labute approximate surface area is 148 Å². The van der Waals surface area contributed by atoms with Crippen LogP contribution >= 0.6 is 12.2 Å². The molecule has 0 aromatic heterocycles. The van der Waals surface area contributed by atoms with Crippen molar-refractivity contribution in [2.75, 3.05) is 10.6 Å². The highest BCUT2D eigenvalue weighted by Gasteiger charge is 2.13. The Morgan fingerprint density at radius 3 is 2.21 bits per heavy atom. The summed E-state index contributed by atoms with van der Waals surface area (Å²) in [4.78, 5) is 0.0580. The highest BCUT2D eigenvalue weighted by Crippen LogP contribution is 2.24. The van der Waals surface area contributed by atoms with E-state index in [1.54, 1.807) is 6.07 Å². The van der Waals surface area contributed by atoms with Gasteiger partial charge < -0.3 is 10.6 Å². The molecular weight excluding hydrogens is 342 g/mol. The highest BCUT2D eigenvalue weighted by molar-refractivity contribution is 7.89. The van der Waals surface area contributed by atoms with Crippen LogP contribution in [0.4, 0.5) is 11.4 Å². The van der Waals surface area contributed by atoms with E-state index in [2.05, 4.69) is 10.6 Å². The Balaban J connectivity index is 2.29. The van der Waals surface area contributed by atoms with Crippen LogP contribution in [0.3, 0.4) is 0 Å². The molecule has 0 aliphatic rings. The molecule has 0 saturated heterocycles. The van der Waals surface area contributed by atoms with Crippen LogP contribution in [0.15, 0.2) is 35.2 Å². The predicted octanol–water partition coefficient (Wildman–Crippen LogP) is 3.38. The number of thiocarbonyl (C=S) groups is 1. The lowest BCUT2D eigenvalue weighted by atomic mass is 10.1. The average molecular weight is 364 g/mol. The molecule has 4 N–H and O–H groups in total. The van der Waals surface area contributed by atoms with Gasteiger partial charge in [0.25, 0.3) is 0 Å². The molecule has 2 aromatic carbocycles. The number of nitrogens with one attached hydrogen (secondary N) is 2. The number of aryl methyl sites for hydroxylation is 3. The summed E-state index contributed by atoms with van der Waals surface area (Å²) in [5, 5.41) is 11.8. The molecular formula is C17H21N3O2S2. The molecule has 0 atom stereocenters. The molecule has 128 valence electrons. The summed E-state index contributed by atoms with van der Waals surface area (Å²) < 4.78 is 23.2. The lowest BCUT2D eigenvalue weighted by Crippen LogP contribution is -2.21. The second-order valence-corrected chi connectivity index (χ2v) is 7.82. The molecule has 0 radical (unpaired) electrons. The quantitative estimate of drug-likeness (QED) is 0.728. The monoisotopic (exact) mass is 363 g/mol.